The van der Waals surface area contributed by atoms with Gasteiger partial charge in [-0.3, -0.25) is 0 Å². The van der Waals surface area contributed by atoms with Crippen LogP contribution in [0.1, 0.15) is 26.5 Å². The van der Waals surface area contributed by atoms with Gasteiger partial charge in [-0.25, -0.2) is 4.98 Å². The third-order valence-corrected chi connectivity index (χ3v) is 3.37. The Kier molecular flexibility index (Phi) is 4.38. The molecule has 3 heteroatoms. The average molecular weight is 257 g/mol. The highest BCUT2D eigenvalue weighted by molar-refractivity contribution is 5.92. The number of nitrogens with one attached hydrogen (secondary N) is 1. The van der Waals surface area contributed by atoms with Gasteiger partial charge >= 0.3 is 0 Å². The number of benzene rings is 1. The predicted molar refractivity (Wildman–Crippen MR) is 82.7 cm³/mol. The van der Waals surface area contributed by atoms with Crippen LogP contribution in [0.3, 0.4) is 0 Å². The van der Waals surface area contributed by atoms with Gasteiger partial charge in [-0.1, -0.05) is 24.3 Å². The lowest BCUT2D eigenvalue weighted by Gasteiger charge is -2.28. The van der Waals surface area contributed by atoms with Crippen molar-refractivity contribution in [2.75, 3.05) is 18.5 Å². The van der Waals surface area contributed by atoms with Crippen molar-refractivity contribution in [1.82, 2.24) is 10.3 Å². The fraction of sp³-hybridized carbons (Fsp3) is 0.438. The number of nitrogens with zero attached hydrogens (tertiary/aromatic N) is 2. The summed E-state index contributed by atoms with van der Waals surface area (Å²) in [6.45, 7) is 8.38. The van der Waals surface area contributed by atoms with E-state index in [2.05, 4.69) is 61.3 Å². The molecule has 0 amide bonds. The molecule has 0 spiro atoms. The summed E-state index contributed by atoms with van der Waals surface area (Å²) in [6, 6.07) is 11.1. The third-order valence-electron chi connectivity index (χ3n) is 3.37. The highest BCUT2D eigenvalue weighted by Gasteiger charge is 2.14. The molecule has 0 aliphatic carbocycles. The number of rotatable bonds is 5. The van der Waals surface area contributed by atoms with E-state index in [1.165, 1.54) is 10.8 Å². The van der Waals surface area contributed by atoms with Gasteiger partial charge in [-0.15, -0.1) is 0 Å². The number of anilines is 1. The summed E-state index contributed by atoms with van der Waals surface area (Å²) in [5.41, 5.74) is 1.09. The van der Waals surface area contributed by atoms with Gasteiger partial charge in [0.15, 0.2) is 0 Å². The molecular formula is C16H23N3. The molecule has 3 nitrogen and oxygen atoms in total. The Labute approximate surface area is 115 Å². The first kappa shape index (κ1) is 13.8. The van der Waals surface area contributed by atoms with E-state index in [-0.39, 0.29) is 0 Å². The zero-order valence-electron chi connectivity index (χ0n) is 12.3. The van der Waals surface area contributed by atoms with Crippen molar-refractivity contribution < 1.29 is 0 Å². The molecular weight excluding hydrogens is 234 g/mol. The number of hydrogen-bond acceptors (Lipinski definition) is 3. The van der Waals surface area contributed by atoms with Crippen molar-refractivity contribution in [2.45, 2.75) is 33.4 Å². The molecule has 2 aromatic rings. The van der Waals surface area contributed by atoms with Crippen LogP contribution in [0.5, 0.6) is 0 Å². The summed E-state index contributed by atoms with van der Waals surface area (Å²) in [7, 11) is 1.95. The molecule has 0 unspecified atom stereocenters. The Morgan fingerprint density at radius 2 is 2.00 bits per heavy atom. The van der Waals surface area contributed by atoms with Crippen molar-refractivity contribution in [3.8, 4) is 0 Å². The Morgan fingerprint density at radius 3 is 2.63 bits per heavy atom. The minimum atomic E-state index is 0.450. The SMILES string of the molecule is CCN(c1nc(CNC)cc2ccccc12)C(C)C. The van der Waals surface area contributed by atoms with Gasteiger partial charge in [0.25, 0.3) is 0 Å². The summed E-state index contributed by atoms with van der Waals surface area (Å²) in [6.07, 6.45) is 0. The zero-order chi connectivity index (χ0) is 13.8. The van der Waals surface area contributed by atoms with Crippen LogP contribution in [-0.2, 0) is 6.54 Å². The van der Waals surface area contributed by atoms with Gasteiger partial charge in [0.1, 0.15) is 5.82 Å². The van der Waals surface area contributed by atoms with Crippen molar-refractivity contribution in [3.63, 3.8) is 0 Å². The first-order valence-electron chi connectivity index (χ1n) is 6.97. The van der Waals surface area contributed by atoms with Crippen LogP contribution in [0.25, 0.3) is 10.8 Å². The molecule has 0 aliphatic rings. The minimum Gasteiger partial charge on any atom is -0.354 e. The predicted octanol–water partition coefficient (Wildman–Crippen LogP) is 3.19. The van der Waals surface area contributed by atoms with Crippen molar-refractivity contribution in [3.05, 3.63) is 36.0 Å². The van der Waals surface area contributed by atoms with Crippen LogP contribution in [0.2, 0.25) is 0 Å². The second kappa shape index (κ2) is 6.02. The first-order chi connectivity index (χ1) is 9.17. The standard InChI is InChI=1S/C16H23N3/c1-5-19(12(2)3)16-15-9-7-6-8-13(15)10-14(18-16)11-17-4/h6-10,12,17H,5,11H2,1-4H3. The second-order valence-corrected chi connectivity index (χ2v) is 5.07. The van der Waals surface area contributed by atoms with Gasteiger partial charge in [0.05, 0.1) is 5.69 Å². The molecule has 1 aromatic heterocycles. The Hall–Kier alpha value is -1.61. The van der Waals surface area contributed by atoms with Crippen molar-refractivity contribution >= 4 is 16.6 Å². The molecule has 2 rings (SSSR count). The number of hydrogen-bond donors (Lipinski definition) is 1. The molecule has 1 aromatic carbocycles. The van der Waals surface area contributed by atoms with Gasteiger partial charge in [0, 0.05) is 24.5 Å². The zero-order valence-corrected chi connectivity index (χ0v) is 12.3. The van der Waals surface area contributed by atoms with E-state index in [1.54, 1.807) is 0 Å². The minimum absolute atomic E-state index is 0.450. The van der Waals surface area contributed by atoms with Crippen LogP contribution in [0, 0.1) is 0 Å². The van der Waals surface area contributed by atoms with Crippen molar-refractivity contribution in [1.29, 1.82) is 0 Å². The molecule has 0 bridgehead atoms. The lowest BCUT2D eigenvalue weighted by Crippen LogP contribution is -2.31. The van der Waals surface area contributed by atoms with E-state index in [1.807, 2.05) is 7.05 Å². The molecule has 102 valence electrons. The quantitative estimate of drug-likeness (QED) is 0.891. The third kappa shape index (κ3) is 2.87. The highest BCUT2D eigenvalue weighted by atomic mass is 15.2. The van der Waals surface area contributed by atoms with Gasteiger partial charge < -0.3 is 10.2 Å². The van der Waals surface area contributed by atoms with Gasteiger partial charge in [-0.05, 0) is 39.3 Å². The summed E-state index contributed by atoms with van der Waals surface area (Å²) in [4.78, 5) is 7.20. The lowest BCUT2D eigenvalue weighted by atomic mass is 10.1. The van der Waals surface area contributed by atoms with Crippen LogP contribution < -0.4 is 10.2 Å². The summed E-state index contributed by atoms with van der Waals surface area (Å²) in [5.74, 6) is 1.10. The average Bonchev–Trinajstić information content (AvgIpc) is 2.39. The van der Waals surface area contributed by atoms with Crippen LogP contribution in [0.4, 0.5) is 5.82 Å². The summed E-state index contributed by atoms with van der Waals surface area (Å²) < 4.78 is 0. The van der Waals surface area contributed by atoms with E-state index in [4.69, 9.17) is 4.98 Å². The molecule has 0 aliphatic heterocycles. The number of aromatic nitrogens is 1. The number of fused-ring (bicyclic) bond motifs is 1. The smallest absolute Gasteiger partial charge is 0.137 e. The molecule has 0 fully saturated rings. The maximum absolute atomic E-state index is 4.85. The maximum atomic E-state index is 4.85. The fourth-order valence-electron chi connectivity index (χ4n) is 2.48. The van der Waals surface area contributed by atoms with E-state index >= 15 is 0 Å². The van der Waals surface area contributed by atoms with Crippen LogP contribution >= 0.6 is 0 Å². The van der Waals surface area contributed by atoms with Crippen LogP contribution in [-0.4, -0.2) is 24.6 Å². The van der Waals surface area contributed by atoms with E-state index in [0.717, 1.165) is 24.6 Å². The monoisotopic (exact) mass is 257 g/mol. The van der Waals surface area contributed by atoms with E-state index in [9.17, 15) is 0 Å². The molecule has 0 radical (unpaired) electrons. The molecule has 0 saturated heterocycles. The summed E-state index contributed by atoms with van der Waals surface area (Å²) in [5, 5.41) is 5.68. The Bertz CT molecular complexity index is 549. The topological polar surface area (TPSA) is 28.2 Å². The van der Waals surface area contributed by atoms with Gasteiger partial charge in [0.2, 0.25) is 0 Å². The van der Waals surface area contributed by atoms with Crippen molar-refractivity contribution in [2.24, 2.45) is 0 Å². The van der Waals surface area contributed by atoms with E-state index < -0.39 is 0 Å². The maximum Gasteiger partial charge on any atom is 0.137 e. The van der Waals surface area contributed by atoms with Crippen LogP contribution in [0.15, 0.2) is 30.3 Å². The lowest BCUT2D eigenvalue weighted by molar-refractivity contribution is 0.691. The molecule has 19 heavy (non-hydrogen) atoms. The molecule has 0 atom stereocenters. The molecule has 1 heterocycles. The fourth-order valence-corrected chi connectivity index (χ4v) is 2.48. The normalized spacial score (nSPS) is 11.2. The second-order valence-electron chi connectivity index (χ2n) is 5.07. The first-order valence-corrected chi connectivity index (χ1v) is 6.97. The summed E-state index contributed by atoms with van der Waals surface area (Å²) >= 11 is 0. The molecule has 0 saturated carbocycles. The number of pyridine rings is 1. The highest BCUT2D eigenvalue weighted by Crippen LogP contribution is 2.27. The van der Waals surface area contributed by atoms with E-state index in [0.29, 0.717) is 6.04 Å². The van der Waals surface area contributed by atoms with Gasteiger partial charge in [-0.2, -0.15) is 0 Å². The Morgan fingerprint density at radius 1 is 1.26 bits per heavy atom. The largest absolute Gasteiger partial charge is 0.354 e. The molecule has 1 N–H and O–H groups in total. The Balaban J connectivity index is 2.61.